The first kappa shape index (κ1) is 12.1. The topological polar surface area (TPSA) is 57.6 Å². The number of nitrogens with zero attached hydrogens (tertiary/aromatic N) is 1. The predicted molar refractivity (Wildman–Crippen MR) is 63.4 cm³/mol. The average molecular weight is 237 g/mol. The molecule has 0 aromatic heterocycles. The third kappa shape index (κ3) is 2.51. The van der Waals surface area contributed by atoms with Gasteiger partial charge in [-0.15, -0.1) is 0 Å². The van der Waals surface area contributed by atoms with Crippen LogP contribution in [-0.2, 0) is 9.59 Å². The molecule has 4 nitrogen and oxygen atoms in total. The third-order valence-electron chi connectivity index (χ3n) is 3.90. The molecule has 0 saturated heterocycles. The molecule has 94 valence electrons. The molecule has 0 unspecified atom stereocenters. The van der Waals surface area contributed by atoms with Crippen LogP contribution >= 0.6 is 0 Å². The van der Waals surface area contributed by atoms with E-state index in [0.29, 0.717) is 13.0 Å². The van der Waals surface area contributed by atoms with E-state index in [1.165, 1.54) is 5.57 Å². The van der Waals surface area contributed by atoms with E-state index in [2.05, 4.69) is 13.0 Å². The monoisotopic (exact) mass is 237 g/mol. The molecule has 2 aliphatic rings. The Morgan fingerprint density at radius 1 is 1.35 bits per heavy atom. The Labute approximate surface area is 101 Å². The lowest BCUT2D eigenvalue weighted by atomic mass is 9.94. The molecule has 1 fully saturated rings. The fourth-order valence-electron chi connectivity index (χ4n) is 2.76. The van der Waals surface area contributed by atoms with E-state index in [4.69, 9.17) is 5.11 Å². The van der Waals surface area contributed by atoms with E-state index in [0.717, 1.165) is 25.8 Å². The molecular weight excluding hydrogens is 218 g/mol. The van der Waals surface area contributed by atoms with E-state index in [1.54, 1.807) is 4.90 Å². The Morgan fingerprint density at radius 3 is 2.65 bits per heavy atom. The molecule has 4 heteroatoms. The molecule has 0 aromatic carbocycles. The fourth-order valence-corrected chi connectivity index (χ4v) is 2.76. The molecular formula is C13H19NO3. The third-order valence-corrected chi connectivity index (χ3v) is 3.90. The molecule has 2 atom stereocenters. The van der Waals surface area contributed by atoms with Gasteiger partial charge in [-0.25, -0.2) is 0 Å². The molecule has 0 radical (unpaired) electrons. The number of hydrogen-bond acceptors (Lipinski definition) is 2. The van der Waals surface area contributed by atoms with E-state index in [-0.39, 0.29) is 11.8 Å². The van der Waals surface area contributed by atoms with Gasteiger partial charge < -0.3 is 10.0 Å². The van der Waals surface area contributed by atoms with Crippen LogP contribution in [0.4, 0.5) is 0 Å². The largest absolute Gasteiger partial charge is 0.481 e. The van der Waals surface area contributed by atoms with Gasteiger partial charge >= 0.3 is 5.97 Å². The Hall–Kier alpha value is -1.32. The number of carboxylic acids is 1. The highest BCUT2D eigenvalue weighted by molar-refractivity contribution is 5.85. The summed E-state index contributed by atoms with van der Waals surface area (Å²) >= 11 is 0. The Kier molecular flexibility index (Phi) is 3.50. The van der Waals surface area contributed by atoms with Crippen molar-refractivity contribution < 1.29 is 14.7 Å². The minimum atomic E-state index is -0.815. The lowest BCUT2D eigenvalue weighted by Gasteiger charge is -2.29. The van der Waals surface area contributed by atoms with Gasteiger partial charge in [0.1, 0.15) is 0 Å². The van der Waals surface area contributed by atoms with Crippen LogP contribution in [0.3, 0.4) is 0 Å². The Morgan fingerprint density at radius 2 is 2.06 bits per heavy atom. The van der Waals surface area contributed by atoms with E-state index in [1.807, 2.05) is 0 Å². The van der Waals surface area contributed by atoms with Crippen molar-refractivity contribution in [2.75, 3.05) is 13.1 Å². The summed E-state index contributed by atoms with van der Waals surface area (Å²) in [7, 11) is 0. The second-order valence-electron chi connectivity index (χ2n) is 5.07. The summed E-state index contributed by atoms with van der Waals surface area (Å²) in [5.74, 6) is -1.53. The lowest BCUT2D eigenvalue weighted by Crippen LogP contribution is -2.41. The molecule has 1 aliphatic heterocycles. The summed E-state index contributed by atoms with van der Waals surface area (Å²) in [4.78, 5) is 25.1. The van der Waals surface area contributed by atoms with Crippen molar-refractivity contribution >= 4 is 11.9 Å². The van der Waals surface area contributed by atoms with Crippen molar-refractivity contribution in [2.24, 2.45) is 11.8 Å². The molecule has 0 bridgehead atoms. The van der Waals surface area contributed by atoms with Gasteiger partial charge in [-0.05, 0) is 26.2 Å². The normalized spacial score (nSPS) is 29.0. The van der Waals surface area contributed by atoms with Crippen molar-refractivity contribution in [3.63, 3.8) is 0 Å². The van der Waals surface area contributed by atoms with E-state index in [9.17, 15) is 9.59 Å². The molecule has 1 aliphatic carbocycles. The summed E-state index contributed by atoms with van der Waals surface area (Å²) < 4.78 is 0. The number of carboxylic acid groups (broad SMARTS) is 1. The van der Waals surface area contributed by atoms with Crippen LogP contribution < -0.4 is 0 Å². The zero-order chi connectivity index (χ0) is 12.4. The highest BCUT2D eigenvalue weighted by atomic mass is 16.4. The first-order valence-electron chi connectivity index (χ1n) is 6.27. The lowest BCUT2D eigenvalue weighted by molar-refractivity contribution is -0.149. The molecule has 17 heavy (non-hydrogen) atoms. The first-order valence-corrected chi connectivity index (χ1v) is 6.27. The molecule has 1 heterocycles. The number of carbonyl (C=O) groups is 2. The van der Waals surface area contributed by atoms with Gasteiger partial charge in [0.05, 0.1) is 11.8 Å². The second kappa shape index (κ2) is 4.90. The fraction of sp³-hybridized carbons (Fsp3) is 0.692. The van der Waals surface area contributed by atoms with Crippen LogP contribution in [0.5, 0.6) is 0 Å². The van der Waals surface area contributed by atoms with Crippen molar-refractivity contribution in [3.8, 4) is 0 Å². The predicted octanol–water partition coefficient (Wildman–Crippen LogP) is 1.67. The van der Waals surface area contributed by atoms with Gasteiger partial charge in [-0.1, -0.05) is 18.1 Å². The number of amides is 1. The average Bonchev–Trinajstić information content (AvgIpc) is 2.78. The van der Waals surface area contributed by atoms with Crippen molar-refractivity contribution in [3.05, 3.63) is 11.6 Å². The SMILES string of the molecule is CC1=CCN(C(=O)[C@@H]2CCC[C@@H]2C(=O)O)CC1. The highest BCUT2D eigenvalue weighted by Gasteiger charge is 2.39. The van der Waals surface area contributed by atoms with Crippen molar-refractivity contribution in [1.82, 2.24) is 4.90 Å². The number of rotatable bonds is 2. The second-order valence-corrected chi connectivity index (χ2v) is 5.07. The van der Waals surface area contributed by atoms with Crippen molar-refractivity contribution in [1.29, 1.82) is 0 Å². The quantitative estimate of drug-likeness (QED) is 0.743. The number of hydrogen-bond donors (Lipinski definition) is 1. The summed E-state index contributed by atoms with van der Waals surface area (Å²) in [5, 5.41) is 9.09. The van der Waals surface area contributed by atoms with Crippen LogP contribution in [0.2, 0.25) is 0 Å². The standard InChI is InChI=1S/C13H19NO3/c1-9-5-7-14(8-6-9)12(15)10-3-2-4-11(10)13(16)17/h5,10-11H,2-4,6-8H2,1H3,(H,16,17)/t10-,11+/m1/s1. The molecule has 2 rings (SSSR count). The van der Waals surface area contributed by atoms with Crippen LogP contribution in [0.25, 0.3) is 0 Å². The molecule has 0 spiro atoms. The van der Waals surface area contributed by atoms with Crippen LogP contribution in [0.15, 0.2) is 11.6 Å². The summed E-state index contributed by atoms with van der Waals surface area (Å²) in [6.45, 7) is 3.45. The van der Waals surface area contributed by atoms with Crippen molar-refractivity contribution in [2.45, 2.75) is 32.6 Å². The van der Waals surface area contributed by atoms with E-state index >= 15 is 0 Å². The summed E-state index contributed by atoms with van der Waals surface area (Å²) in [5.41, 5.74) is 1.32. The highest BCUT2D eigenvalue weighted by Crippen LogP contribution is 2.33. The minimum Gasteiger partial charge on any atom is -0.481 e. The van der Waals surface area contributed by atoms with Gasteiger partial charge in [-0.3, -0.25) is 9.59 Å². The van der Waals surface area contributed by atoms with Gasteiger partial charge in [0.2, 0.25) is 5.91 Å². The zero-order valence-electron chi connectivity index (χ0n) is 10.2. The molecule has 1 N–H and O–H groups in total. The molecule has 1 saturated carbocycles. The summed E-state index contributed by atoms with van der Waals surface area (Å²) in [6, 6.07) is 0. The van der Waals surface area contributed by atoms with Gasteiger partial charge in [0, 0.05) is 13.1 Å². The minimum absolute atomic E-state index is 0.0404. The van der Waals surface area contributed by atoms with Gasteiger partial charge in [0.25, 0.3) is 0 Å². The van der Waals surface area contributed by atoms with E-state index < -0.39 is 11.9 Å². The van der Waals surface area contributed by atoms with Gasteiger partial charge in [0.15, 0.2) is 0 Å². The smallest absolute Gasteiger partial charge is 0.307 e. The molecule has 1 amide bonds. The summed E-state index contributed by atoms with van der Waals surface area (Å²) in [6.07, 6.45) is 5.21. The first-order chi connectivity index (χ1) is 8.09. The van der Waals surface area contributed by atoms with Crippen LogP contribution in [-0.4, -0.2) is 35.0 Å². The van der Waals surface area contributed by atoms with Crippen LogP contribution in [0, 0.1) is 11.8 Å². The maximum Gasteiger partial charge on any atom is 0.307 e. The number of carbonyl (C=O) groups excluding carboxylic acids is 1. The Balaban J connectivity index is 2.02. The maximum atomic E-state index is 12.3. The maximum absolute atomic E-state index is 12.3. The van der Waals surface area contributed by atoms with Gasteiger partial charge in [-0.2, -0.15) is 0 Å². The zero-order valence-corrected chi connectivity index (χ0v) is 10.2. The van der Waals surface area contributed by atoms with Crippen LogP contribution in [0.1, 0.15) is 32.6 Å². The Bertz CT molecular complexity index is 362. The number of aliphatic carboxylic acids is 1. The molecule has 0 aromatic rings.